The first-order chi connectivity index (χ1) is 18.0. The van der Waals surface area contributed by atoms with Crippen molar-refractivity contribution in [3.8, 4) is 17.2 Å². The molecule has 2 atom stereocenters. The molecule has 2 aromatic carbocycles. The van der Waals surface area contributed by atoms with Gasteiger partial charge in [-0.25, -0.2) is 0 Å². The third-order valence-electron chi connectivity index (χ3n) is 6.45. The number of carbonyl (C=O) groups is 4. The molecule has 38 heavy (non-hydrogen) atoms. The molecule has 0 bridgehead atoms. The van der Waals surface area contributed by atoms with Gasteiger partial charge in [0.15, 0.2) is 5.75 Å². The minimum Gasteiger partial charge on any atom is -0.496 e. The van der Waals surface area contributed by atoms with Crippen molar-refractivity contribution in [2.75, 3.05) is 26.1 Å². The van der Waals surface area contributed by atoms with E-state index in [1.165, 1.54) is 38.5 Å². The Labute approximate surface area is 227 Å². The second-order valence-electron chi connectivity index (χ2n) is 8.82. The first-order valence-electron chi connectivity index (χ1n) is 11.5. The van der Waals surface area contributed by atoms with Gasteiger partial charge in [0, 0.05) is 36.0 Å². The molecule has 1 spiro atoms. The number of benzene rings is 2. The van der Waals surface area contributed by atoms with E-state index in [1.54, 1.807) is 13.0 Å². The SMILES string of the molecule is COc1cc(OC)c2c(c1Cl)OC1(C(=O)C=C(Nc3ccc(Cl)c(C(=O)NCCC(=O)O)c3)CC1C)C2=O. The zero-order valence-electron chi connectivity index (χ0n) is 20.6. The molecule has 200 valence electrons. The van der Waals surface area contributed by atoms with E-state index in [4.69, 9.17) is 42.5 Å². The first-order valence-corrected chi connectivity index (χ1v) is 12.3. The Hall–Kier alpha value is -3.76. The number of aliphatic carboxylic acids is 1. The smallest absolute Gasteiger partial charge is 0.305 e. The topological polar surface area (TPSA) is 140 Å². The van der Waals surface area contributed by atoms with Gasteiger partial charge in [-0.3, -0.25) is 19.2 Å². The molecule has 2 aromatic rings. The number of ether oxygens (including phenoxy) is 3. The molecule has 12 heteroatoms. The number of anilines is 1. The lowest BCUT2D eigenvalue weighted by molar-refractivity contribution is -0.136. The number of hydrogen-bond donors (Lipinski definition) is 3. The number of ketones is 2. The van der Waals surface area contributed by atoms with Crippen molar-refractivity contribution < 1.29 is 38.5 Å². The maximum atomic E-state index is 13.6. The van der Waals surface area contributed by atoms with Gasteiger partial charge in [0.25, 0.3) is 5.91 Å². The summed E-state index contributed by atoms with van der Waals surface area (Å²) in [6, 6.07) is 6.09. The number of methoxy groups -OCH3 is 2. The van der Waals surface area contributed by atoms with Crippen LogP contribution in [0.2, 0.25) is 10.0 Å². The number of Topliss-reactive ketones (excluding diaryl/α,β-unsaturated/α-hetero) is 1. The molecule has 1 heterocycles. The minimum absolute atomic E-state index is 0.0362. The van der Waals surface area contributed by atoms with Crippen LogP contribution in [0.3, 0.4) is 0 Å². The van der Waals surface area contributed by atoms with Gasteiger partial charge in [0.2, 0.25) is 17.2 Å². The molecule has 2 aliphatic rings. The van der Waals surface area contributed by atoms with Crippen LogP contribution in [0.4, 0.5) is 5.69 Å². The van der Waals surface area contributed by atoms with Crippen molar-refractivity contribution in [2.24, 2.45) is 5.92 Å². The number of rotatable bonds is 8. The molecule has 0 aromatic heterocycles. The number of nitrogens with one attached hydrogen (secondary N) is 2. The molecular formula is C26H24Cl2N2O8. The summed E-state index contributed by atoms with van der Waals surface area (Å²) < 4.78 is 16.6. The van der Waals surface area contributed by atoms with Gasteiger partial charge >= 0.3 is 5.97 Å². The van der Waals surface area contributed by atoms with Crippen LogP contribution in [0, 0.1) is 5.92 Å². The fourth-order valence-electron chi connectivity index (χ4n) is 4.56. The molecule has 10 nitrogen and oxygen atoms in total. The van der Waals surface area contributed by atoms with Gasteiger partial charge in [-0.1, -0.05) is 30.1 Å². The van der Waals surface area contributed by atoms with Gasteiger partial charge in [0.1, 0.15) is 22.1 Å². The van der Waals surface area contributed by atoms with Crippen LogP contribution in [-0.4, -0.2) is 54.9 Å². The Balaban J connectivity index is 1.59. The number of carboxylic acid groups (broad SMARTS) is 1. The molecule has 4 rings (SSSR count). The van der Waals surface area contributed by atoms with Gasteiger partial charge in [0.05, 0.1) is 31.2 Å². The summed E-state index contributed by atoms with van der Waals surface area (Å²) in [4.78, 5) is 50.2. The van der Waals surface area contributed by atoms with Gasteiger partial charge in [-0.2, -0.15) is 0 Å². The summed E-state index contributed by atoms with van der Waals surface area (Å²) in [5, 5.41) is 14.6. The van der Waals surface area contributed by atoms with Crippen molar-refractivity contribution in [3.63, 3.8) is 0 Å². The van der Waals surface area contributed by atoms with Crippen LogP contribution in [-0.2, 0) is 9.59 Å². The number of fused-ring (bicyclic) bond motifs is 1. The van der Waals surface area contributed by atoms with Crippen molar-refractivity contribution in [3.05, 3.63) is 57.2 Å². The van der Waals surface area contributed by atoms with Crippen molar-refractivity contribution in [2.45, 2.75) is 25.4 Å². The molecule has 0 saturated heterocycles. The monoisotopic (exact) mass is 562 g/mol. The van der Waals surface area contributed by atoms with Crippen LogP contribution in [0.25, 0.3) is 0 Å². The molecular weight excluding hydrogens is 539 g/mol. The average Bonchev–Trinajstić information content (AvgIpc) is 3.18. The third-order valence-corrected chi connectivity index (χ3v) is 7.14. The highest BCUT2D eigenvalue weighted by Crippen LogP contribution is 2.53. The lowest BCUT2D eigenvalue weighted by Crippen LogP contribution is -2.55. The quantitative estimate of drug-likeness (QED) is 0.405. The van der Waals surface area contributed by atoms with E-state index in [0.717, 1.165) is 0 Å². The minimum atomic E-state index is -1.81. The summed E-state index contributed by atoms with van der Waals surface area (Å²) in [6.45, 7) is 1.66. The predicted molar refractivity (Wildman–Crippen MR) is 139 cm³/mol. The number of hydrogen-bond acceptors (Lipinski definition) is 8. The normalized spacial score (nSPS) is 19.9. The zero-order valence-corrected chi connectivity index (χ0v) is 22.2. The number of allylic oxidation sites excluding steroid dienone is 1. The van der Waals surface area contributed by atoms with Crippen LogP contribution in [0.1, 0.15) is 40.5 Å². The van der Waals surface area contributed by atoms with Crippen molar-refractivity contribution >= 4 is 52.3 Å². The molecule has 1 amide bonds. The number of amides is 1. The Kier molecular flexibility index (Phi) is 7.57. The second-order valence-corrected chi connectivity index (χ2v) is 9.61. The molecule has 0 saturated carbocycles. The van der Waals surface area contributed by atoms with Gasteiger partial charge in [-0.05, 0) is 24.6 Å². The summed E-state index contributed by atoms with van der Waals surface area (Å²) in [5.74, 6) is -2.83. The lowest BCUT2D eigenvalue weighted by Gasteiger charge is -2.35. The zero-order chi connectivity index (χ0) is 27.8. The average molecular weight is 563 g/mol. The van der Waals surface area contributed by atoms with Gasteiger partial charge < -0.3 is 30.0 Å². The van der Waals surface area contributed by atoms with E-state index in [9.17, 15) is 19.2 Å². The van der Waals surface area contributed by atoms with Crippen LogP contribution < -0.4 is 24.8 Å². The summed E-state index contributed by atoms with van der Waals surface area (Å²) in [6.07, 6.45) is 1.32. The summed E-state index contributed by atoms with van der Waals surface area (Å²) in [5.41, 5.74) is -0.632. The Morgan fingerprint density at radius 3 is 2.50 bits per heavy atom. The fraction of sp³-hybridized carbons (Fsp3) is 0.308. The summed E-state index contributed by atoms with van der Waals surface area (Å²) >= 11 is 12.6. The Bertz CT molecular complexity index is 1390. The molecule has 2 unspecified atom stereocenters. The van der Waals surface area contributed by atoms with Crippen molar-refractivity contribution in [1.29, 1.82) is 0 Å². The van der Waals surface area contributed by atoms with E-state index >= 15 is 0 Å². The van der Waals surface area contributed by atoms with E-state index in [1.807, 2.05) is 0 Å². The van der Waals surface area contributed by atoms with Crippen LogP contribution in [0.5, 0.6) is 17.2 Å². The summed E-state index contributed by atoms with van der Waals surface area (Å²) in [7, 11) is 2.80. The van der Waals surface area contributed by atoms with Crippen LogP contribution in [0.15, 0.2) is 36.0 Å². The highest BCUT2D eigenvalue weighted by Gasteiger charge is 2.60. The Morgan fingerprint density at radius 1 is 1.16 bits per heavy atom. The van der Waals surface area contributed by atoms with E-state index in [-0.39, 0.29) is 57.8 Å². The first kappa shape index (κ1) is 27.3. The maximum absolute atomic E-state index is 13.6. The lowest BCUT2D eigenvalue weighted by atomic mass is 9.74. The predicted octanol–water partition coefficient (Wildman–Crippen LogP) is 4.13. The third kappa shape index (κ3) is 4.65. The molecule has 0 radical (unpaired) electrons. The molecule has 3 N–H and O–H groups in total. The second kappa shape index (κ2) is 10.5. The van der Waals surface area contributed by atoms with E-state index in [0.29, 0.717) is 11.4 Å². The number of carboxylic acids is 1. The fourth-order valence-corrected chi connectivity index (χ4v) is 5.02. The van der Waals surface area contributed by atoms with E-state index < -0.39 is 35.0 Å². The molecule has 0 fully saturated rings. The Morgan fingerprint density at radius 2 is 1.87 bits per heavy atom. The van der Waals surface area contributed by atoms with E-state index in [2.05, 4.69) is 10.6 Å². The largest absolute Gasteiger partial charge is 0.496 e. The van der Waals surface area contributed by atoms with Gasteiger partial charge in [-0.15, -0.1) is 0 Å². The highest BCUT2D eigenvalue weighted by atomic mass is 35.5. The maximum Gasteiger partial charge on any atom is 0.305 e. The highest BCUT2D eigenvalue weighted by molar-refractivity contribution is 6.36. The number of carbonyl (C=O) groups excluding carboxylic acids is 3. The van der Waals surface area contributed by atoms with Crippen molar-refractivity contribution in [1.82, 2.24) is 5.32 Å². The number of halogens is 2. The standard InChI is InChI=1S/C26H24Cl2N2O8/c1-12-8-14(30-13-4-5-16(27)15(9-13)25(35)29-7-6-20(32)33)10-19(31)26(12)24(34)21-17(36-2)11-18(37-3)22(28)23(21)38-26/h4-5,9-12,30H,6-8H2,1-3H3,(H,29,35)(H,32,33). The molecule has 1 aliphatic carbocycles. The molecule has 1 aliphatic heterocycles. The van der Waals surface area contributed by atoms with Crippen LogP contribution >= 0.6 is 23.2 Å².